The highest BCUT2D eigenvalue weighted by atomic mass is 16.5. The lowest BCUT2D eigenvalue weighted by Crippen LogP contribution is -2.55. The van der Waals surface area contributed by atoms with Crippen LogP contribution >= 0.6 is 0 Å². The molecule has 0 bridgehead atoms. The molecule has 0 saturated carbocycles. The summed E-state index contributed by atoms with van der Waals surface area (Å²) in [6, 6.07) is -1.40. The number of hydrogen-bond donors (Lipinski definition) is 3. The summed E-state index contributed by atoms with van der Waals surface area (Å²) in [4.78, 5) is 24.2. The van der Waals surface area contributed by atoms with Crippen molar-refractivity contribution in [3.63, 3.8) is 0 Å². The first kappa shape index (κ1) is 13.7. The number of aliphatic hydroxyl groups excluding tert-OH is 1. The molecule has 0 aromatic carbocycles. The van der Waals surface area contributed by atoms with Crippen molar-refractivity contribution in [2.45, 2.75) is 32.1 Å². The van der Waals surface area contributed by atoms with Crippen molar-refractivity contribution in [1.82, 2.24) is 10.2 Å². The molecule has 1 heterocycles. The van der Waals surface area contributed by atoms with Gasteiger partial charge in [0, 0.05) is 13.1 Å². The van der Waals surface area contributed by atoms with Gasteiger partial charge in [-0.3, -0.25) is 4.79 Å². The van der Waals surface area contributed by atoms with E-state index in [9.17, 15) is 9.59 Å². The SMILES string of the molecule is CC1CN(C(=O)C(C)NC(N)=O)CC(CO)O1. The summed E-state index contributed by atoms with van der Waals surface area (Å²) in [5, 5.41) is 11.4. The molecule has 1 aliphatic heterocycles. The highest BCUT2D eigenvalue weighted by Gasteiger charge is 2.30. The molecule has 0 aromatic heterocycles. The Hall–Kier alpha value is -1.34. The normalized spacial score (nSPS) is 26.4. The molecule has 7 heteroatoms. The molecule has 1 fully saturated rings. The van der Waals surface area contributed by atoms with Crippen molar-refractivity contribution in [3.05, 3.63) is 0 Å². The fraction of sp³-hybridized carbons (Fsp3) is 0.800. The van der Waals surface area contributed by atoms with Gasteiger partial charge >= 0.3 is 6.03 Å². The quantitative estimate of drug-likeness (QED) is 0.571. The van der Waals surface area contributed by atoms with E-state index in [1.807, 2.05) is 6.92 Å². The van der Waals surface area contributed by atoms with Crippen molar-refractivity contribution in [1.29, 1.82) is 0 Å². The van der Waals surface area contributed by atoms with Crippen LogP contribution in [0.4, 0.5) is 4.79 Å². The van der Waals surface area contributed by atoms with E-state index in [0.29, 0.717) is 13.1 Å². The first-order chi connectivity index (χ1) is 7.93. The van der Waals surface area contributed by atoms with Crippen LogP contribution in [0.3, 0.4) is 0 Å². The first-order valence-electron chi connectivity index (χ1n) is 5.55. The van der Waals surface area contributed by atoms with Crippen LogP contribution in [0.1, 0.15) is 13.8 Å². The molecular formula is C10H19N3O4. The largest absolute Gasteiger partial charge is 0.394 e. The number of carbonyl (C=O) groups is 2. The van der Waals surface area contributed by atoms with Gasteiger partial charge in [-0.1, -0.05) is 0 Å². The summed E-state index contributed by atoms with van der Waals surface area (Å²) in [7, 11) is 0. The van der Waals surface area contributed by atoms with E-state index < -0.39 is 12.1 Å². The molecule has 3 amide bonds. The van der Waals surface area contributed by atoms with Crippen LogP contribution in [0.15, 0.2) is 0 Å². The van der Waals surface area contributed by atoms with Gasteiger partial charge in [-0.15, -0.1) is 0 Å². The van der Waals surface area contributed by atoms with Crippen LogP contribution in [0.25, 0.3) is 0 Å². The lowest BCUT2D eigenvalue weighted by molar-refractivity contribution is -0.148. The number of urea groups is 1. The fourth-order valence-corrected chi connectivity index (χ4v) is 1.88. The fourth-order valence-electron chi connectivity index (χ4n) is 1.88. The standard InChI is InChI=1S/C10H19N3O4/c1-6-3-13(4-8(5-14)17-6)9(15)7(2)12-10(11)16/h6-8,14H,3-5H2,1-2H3,(H3,11,12,16). The predicted molar refractivity (Wildman–Crippen MR) is 60.2 cm³/mol. The Morgan fingerprint density at radius 3 is 2.76 bits per heavy atom. The average Bonchev–Trinajstić information content (AvgIpc) is 2.26. The van der Waals surface area contributed by atoms with Crippen LogP contribution in [0.2, 0.25) is 0 Å². The van der Waals surface area contributed by atoms with E-state index in [4.69, 9.17) is 15.6 Å². The first-order valence-corrected chi connectivity index (χ1v) is 5.55. The molecular weight excluding hydrogens is 226 g/mol. The van der Waals surface area contributed by atoms with E-state index in [-0.39, 0.29) is 24.7 Å². The number of primary amides is 1. The van der Waals surface area contributed by atoms with Gasteiger partial charge in [-0.25, -0.2) is 4.79 Å². The maximum absolute atomic E-state index is 12.0. The second kappa shape index (κ2) is 5.83. The molecule has 4 N–H and O–H groups in total. The lowest BCUT2D eigenvalue weighted by Gasteiger charge is -2.37. The molecule has 0 aliphatic carbocycles. The van der Waals surface area contributed by atoms with Crippen molar-refractivity contribution < 1.29 is 19.4 Å². The van der Waals surface area contributed by atoms with Gasteiger partial charge < -0.3 is 25.8 Å². The van der Waals surface area contributed by atoms with Crippen molar-refractivity contribution in [3.8, 4) is 0 Å². The highest BCUT2D eigenvalue weighted by molar-refractivity contribution is 5.86. The number of nitrogens with one attached hydrogen (secondary N) is 1. The van der Waals surface area contributed by atoms with Crippen molar-refractivity contribution in [2.24, 2.45) is 5.73 Å². The Labute approximate surface area is 99.9 Å². The van der Waals surface area contributed by atoms with Crippen LogP contribution in [0, 0.1) is 0 Å². The van der Waals surface area contributed by atoms with Crippen LogP contribution in [0.5, 0.6) is 0 Å². The maximum Gasteiger partial charge on any atom is 0.312 e. The molecule has 0 radical (unpaired) electrons. The number of amides is 3. The zero-order valence-electron chi connectivity index (χ0n) is 10.0. The third-order valence-electron chi connectivity index (χ3n) is 2.57. The number of nitrogens with zero attached hydrogens (tertiary/aromatic N) is 1. The molecule has 1 rings (SSSR count). The molecule has 1 aliphatic rings. The predicted octanol–water partition coefficient (Wildman–Crippen LogP) is -1.35. The number of nitrogens with two attached hydrogens (primary N) is 1. The Bertz CT molecular complexity index is 297. The summed E-state index contributed by atoms with van der Waals surface area (Å²) >= 11 is 0. The maximum atomic E-state index is 12.0. The van der Waals surface area contributed by atoms with E-state index >= 15 is 0 Å². The van der Waals surface area contributed by atoms with Crippen molar-refractivity contribution >= 4 is 11.9 Å². The number of ether oxygens (including phenoxy) is 1. The van der Waals surface area contributed by atoms with Crippen LogP contribution in [-0.4, -0.2) is 59.9 Å². The third kappa shape index (κ3) is 3.86. The number of aliphatic hydroxyl groups is 1. The molecule has 17 heavy (non-hydrogen) atoms. The average molecular weight is 245 g/mol. The summed E-state index contributed by atoms with van der Waals surface area (Å²) in [5.74, 6) is -0.225. The summed E-state index contributed by atoms with van der Waals surface area (Å²) in [6.45, 7) is 4.03. The monoisotopic (exact) mass is 245 g/mol. The molecule has 98 valence electrons. The second-order valence-electron chi connectivity index (χ2n) is 4.22. The molecule has 0 spiro atoms. The van der Waals surface area contributed by atoms with Gasteiger partial charge in [0.25, 0.3) is 0 Å². The van der Waals surface area contributed by atoms with Gasteiger partial charge in [-0.2, -0.15) is 0 Å². The number of carbonyl (C=O) groups excluding carboxylic acids is 2. The zero-order valence-corrected chi connectivity index (χ0v) is 10.0. The van der Waals surface area contributed by atoms with Crippen molar-refractivity contribution in [2.75, 3.05) is 19.7 Å². The van der Waals surface area contributed by atoms with Crippen LogP contribution < -0.4 is 11.1 Å². The lowest BCUT2D eigenvalue weighted by atomic mass is 10.2. The summed E-state index contributed by atoms with van der Waals surface area (Å²) < 4.78 is 5.42. The molecule has 0 aromatic rings. The Kier molecular flexibility index (Phi) is 4.71. The van der Waals surface area contributed by atoms with Gasteiger partial charge in [0.1, 0.15) is 6.04 Å². The van der Waals surface area contributed by atoms with E-state index in [0.717, 1.165) is 0 Å². The highest BCUT2D eigenvalue weighted by Crippen LogP contribution is 2.11. The minimum atomic E-state index is -0.731. The van der Waals surface area contributed by atoms with E-state index in [2.05, 4.69) is 5.32 Å². The topological polar surface area (TPSA) is 105 Å². The number of morpholine rings is 1. The van der Waals surface area contributed by atoms with Gasteiger partial charge in [0.15, 0.2) is 0 Å². The van der Waals surface area contributed by atoms with E-state index in [1.165, 1.54) is 0 Å². The third-order valence-corrected chi connectivity index (χ3v) is 2.57. The van der Waals surface area contributed by atoms with Gasteiger partial charge in [0.2, 0.25) is 5.91 Å². The number of rotatable bonds is 3. The molecule has 1 saturated heterocycles. The van der Waals surface area contributed by atoms with Gasteiger partial charge in [0.05, 0.1) is 18.8 Å². The molecule has 7 nitrogen and oxygen atoms in total. The summed E-state index contributed by atoms with van der Waals surface area (Å²) in [5.41, 5.74) is 4.96. The molecule has 3 atom stereocenters. The van der Waals surface area contributed by atoms with E-state index in [1.54, 1.807) is 11.8 Å². The minimum absolute atomic E-state index is 0.133. The minimum Gasteiger partial charge on any atom is -0.394 e. The summed E-state index contributed by atoms with van der Waals surface area (Å²) in [6.07, 6.45) is -0.505. The number of hydrogen-bond acceptors (Lipinski definition) is 4. The Morgan fingerprint density at radius 2 is 2.24 bits per heavy atom. The van der Waals surface area contributed by atoms with Crippen LogP contribution in [-0.2, 0) is 9.53 Å². The second-order valence-corrected chi connectivity index (χ2v) is 4.22. The zero-order chi connectivity index (χ0) is 13.0. The Morgan fingerprint density at radius 1 is 1.59 bits per heavy atom. The molecule has 3 unspecified atom stereocenters. The van der Waals surface area contributed by atoms with Gasteiger partial charge in [-0.05, 0) is 13.8 Å². The Balaban J connectivity index is 2.58. The smallest absolute Gasteiger partial charge is 0.312 e.